The molecule has 0 aliphatic heterocycles. The molecular formula is C18H20ClNO2. The zero-order chi connectivity index (χ0) is 14.8. The van der Waals surface area contributed by atoms with Crippen LogP contribution in [0.5, 0.6) is 0 Å². The van der Waals surface area contributed by atoms with E-state index in [1.54, 1.807) is 12.3 Å². The van der Waals surface area contributed by atoms with Crippen molar-refractivity contribution in [3.8, 4) is 0 Å². The van der Waals surface area contributed by atoms with Crippen molar-refractivity contribution in [2.75, 3.05) is 0 Å². The Morgan fingerprint density at radius 1 is 1.36 bits per heavy atom. The zero-order valence-corrected chi connectivity index (χ0v) is 13.3. The second kappa shape index (κ2) is 6.93. The van der Waals surface area contributed by atoms with Crippen molar-refractivity contribution in [1.82, 2.24) is 4.98 Å². The van der Waals surface area contributed by atoms with Gasteiger partial charge in [-0.1, -0.05) is 19.1 Å². The van der Waals surface area contributed by atoms with E-state index in [1.165, 1.54) is 16.7 Å². The molecule has 0 radical (unpaired) electrons. The number of halogens is 1. The summed E-state index contributed by atoms with van der Waals surface area (Å²) in [5.74, 6) is 0.193. The van der Waals surface area contributed by atoms with Crippen LogP contribution >= 0.6 is 12.4 Å². The van der Waals surface area contributed by atoms with Gasteiger partial charge in [-0.3, -0.25) is 4.98 Å². The largest absolute Gasteiger partial charge is 0.478 e. The third-order valence-corrected chi connectivity index (χ3v) is 4.36. The number of nitrogens with zero attached hydrogens (tertiary/aromatic N) is 1. The molecule has 2 unspecified atom stereocenters. The maximum absolute atomic E-state index is 11.1. The first kappa shape index (κ1) is 16.5. The molecule has 1 N–H and O–H groups in total. The third-order valence-electron chi connectivity index (χ3n) is 4.36. The standard InChI is InChI=1S/C18H19NO2.ClH/c1-12-7-14(8-13-3-2-6-19-11-13)9-16-10-15(18(20)21)4-5-17(12)16;/h2-6,10-12,14H,7-9H2,1H3,(H,20,21);1H. The van der Waals surface area contributed by atoms with E-state index in [0.717, 1.165) is 19.3 Å². The molecule has 1 aromatic heterocycles. The highest BCUT2D eigenvalue weighted by molar-refractivity contribution is 5.88. The highest BCUT2D eigenvalue weighted by atomic mass is 35.5. The summed E-state index contributed by atoms with van der Waals surface area (Å²) in [4.78, 5) is 15.3. The van der Waals surface area contributed by atoms with Crippen molar-refractivity contribution in [3.05, 3.63) is 65.0 Å². The molecule has 1 aliphatic carbocycles. The molecule has 22 heavy (non-hydrogen) atoms. The normalized spacial score (nSPS) is 19.9. The summed E-state index contributed by atoms with van der Waals surface area (Å²) in [6.45, 7) is 2.23. The fourth-order valence-corrected chi connectivity index (χ4v) is 3.43. The fourth-order valence-electron chi connectivity index (χ4n) is 3.43. The Balaban J connectivity index is 0.00000176. The van der Waals surface area contributed by atoms with E-state index in [9.17, 15) is 4.79 Å². The molecule has 0 saturated carbocycles. The molecule has 1 aliphatic rings. The van der Waals surface area contributed by atoms with Gasteiger partial charge in [-0.2, -0.15) is 0 Å². The lowest BCUT2D eigenvalue weighted by atomic mass is 9.75. The lowest BCUT2D eigenvalue weighted by Crippen LogP contribution is -2.19. The van der Waals surface area contributed by atoms with Crippen LogP contribution in [-0.4, -0.2) is 16.1 Å². The van der Waals surface area contributed by atoms with Crippen molar-refractivity contribution in [3.63, 3.8) is 0 Å². The van der Waals surface area contributed by atoms with Crippen molar-refractivity contribution in [1.29, 1.82) is 0 Å². The fraction of sp³-hybridized carbons (Fsp3) is 0.333. The van der Waals surface area contributed by atoms with Crippen molar-refractivity contribution in [2.24, 2.45) is 5.92 Å². The van der Waals surface area contributed by atoms with Gasteiger partial charge < -0.3 is 5.11 Å². The van der Waals surface area contributed by atoms with Gasteiger partial charge in [0.15, 0.2) is 0 Å². The van der Waals surface area contributed by atoms with Crippen LogP contribution in [0.1, 0.15) is 46.3 Å². The molecule has 116 valence electrons. The van der Waals surface area contributed by atoms with Crippen LogP contribution < -0.4 is 0 Å². The maximum Gasteiger partial charge on any atom is 0.335 e. The van der Waals surface area contributed by atoms with Gasteiger partial charge >= 0.3 is 5.97 Å². The summed E-state index contributed by atoms with van der Waals surface area (Å²) >= 11 is 0. The Kier molecular flexibility index (Phi) is 5.19. The Morgan fingerprint density at radius 2 is 2.18 bits per heavy atom. The molecule has 0 saturated heterocycles. The number of rotatable bonds is 3. The Labute approximate surface area is 136 Å². The Morgan fingerprint density at radius 3 is 2.86 bits per heavy atom. The number of carboxylic acids is 1. The lowest BCUT2D eigenvalue weighted by Gasteiger charge is -2.30. The second-order valence-corrected chi connectivity index (χ2v) is 5.99. The average Bonchev–Trinajstić information content (AvgIpc) is 2.47. The molecule has 1 heterocycles. The van der Waals surface area contributed by atoms with Gasteiger partial charge in [-0.15, -0.1) is 12.4 Å². The average molecular weight is 318 g/mol. The lowest BCUT2D eigenvalue weighted by molar-refractivity contribution is 0.0696. The number of carbonyl (C=O) groups is 1. The van der Waals surface area contributed by atoms with Gasteiger partial charge in [-0.05, 0) is 66.0 Å². The zero-order valence-electron chi connectivity index (χ0n) is 12.5. The van der Waals surface area contributed by atoms with Crippen LogP contribution in [0.2, 0.25) is 0 Å². The number of fused-ring (bicyclic) bond motifs is 1. The molecule has 2 atom stereocenters. The van der Waals surface area contributed by atoms with Crippen LogP contribution in [0.4, 0.5) is 0 Å². The number of carboxylic acid groups (broad SMARTS) is 1. The summed E-state index contributed by atoms with van der Waals surface area (Å²) in [6.07, 6.45) is 6.83. The molecular weight excluding hydrogens is 298 g/mol. The van der Waals surface area contributed by atoms with E-state index in [0.29, 0.717) is 17.4 Å². The Hall–Kier alpha value is -1.87. The molecule has 0 fully saturated rings. The van der Waals surface area contributed by atoms with Crippen molar-refractivity contribution < 1.29 is 9.90 Å². The van der Waals surface area contributed by atoms with Crippen LogP contribution in [0, 0.1) is 5.92 Å². The van der Waals surface area contributed by atoms with Gasteiger partial charge in [0.1, 0.15) is 0 Å². The number of aromatic carboxylic acids is 1. The minimum atomic E-state index is -0.847. The van der Waals surface area contributed by atoms with E-state index >= 15 is 0 Å². The topological polar surface area (TPSA) is 50.2 Å². The van der Waals surface area contributed by atoms with Gasteiger partial charge in [-0.25, -0.2) is 4.79 Å². The molecule has 3 rings (SSSR count). The number of hydrogen-bond donors (Lipinski definition) is 1. The minimum absolute atomic E-state index is 0. The second-order valence-electron chi connectivity index (χ2n) is 5.99. The number of aromatic nitrogens is 1. The first-order valence-electron chi connectivity index (χ1n) is 7.38. The van der Waals surface area contributed by atoms with E-state index in [1.807, 2.05) is 24.4 Å². The summed E-state index contributed by atoms with van der Waals surface area (Å²) in [5, 5.41) is 9.15. The van der Waals surface area contributed by atoms with Crippen LogP contribution in [-0.2, 0) is 12.8 Å². The molecule has 4 heteroatoms. The number of benzene rings is 1. The summed E-state index contributed by atoms with van der Waals surface area (Å²) in [7, 11) is 0. The predicted molar refractivity (Wildman–Crippen MR) is 88.8 cm³/mol. The predicted octanol–water partition coefficient (Wildman–Crippen LogP) is 4.11. The summed E-state index contributed by atoms with van der Waals surface area (Å²) in [5.41, 5.74) is 4.15. The quantitative estimate of drug-likeness (QED) is 0.926. The summed E-state index contributed by atoms with van der Waals surface area (Å²) in [6, 6.07) is 9.64. The number of pyridine rings is 1. The van der Waals surface area contributed by atoms with Crippen LogP contribution in [0.25, 0.3) is 0 Å². The van der Waals surface area contributed by atoms with E-state index in [-0.39, 0.29) is 12.4 Å². The summed E-state index contributed by atoms with van der Waals surface area (Å²) < 4.78 is 0. The molecule has 1 aromatic carbocycles. The molecule has 0 bridgehead atoms. The molecule has 0 spiro atoms. The number of hydrogen-bond acceptors (Lipinski definition) is 2. The first-order chi connectivity index (χ1) is 10.1. The van der Waals surface area contributed by atoms with Gasteiger partial charge in [0.2, 0.25) is 0 Å². The minimum Gasteiger partial charge on any atom is -0.478 e. The molecule has 0 amide bonds. The highest BCUT2D eigenvalue weighted by Gasteiger charge is 2.25. The molecule has 3 nitrogen and oxygen atoms in total. The van der Waals surface area contributed by atoms with Crippen LogP contribution in [0.15, 0.2) is 42.7 Å². The van der Waals surface area contributed by atoms with Gasteiger partial charge in [0.25, 0.3) is 0 Å². The van der Waals surface area contributed by atoms with Crippen molar-refractivity contribution >= 4 is 18.4 Å². The molecule has 2 aromatic rings. The van der Waals surface area contributed by atoms with E-state index in [4.69, 9.17) is 5.11 Å². The van der Waals surface area contributed by atoms with Crippen molar-refractivity contribution in [2.45, 2.75) is 32.1 Å². The van der Waals surface area contributed by atoms with Gasteiger partial charge in [0.05, 0.1) is 5.56 Å². The Bertz CT molecular complexity index is 657. The monoisotopic (exact) mass is 317 g/mol. The SMILES string of the molecule is CC1CC(Cc2cccnc2)Cc2cc(C(=O)O)ccc21.Cl. The van der Waals surface area contributed by atoms with E-state index < -0.39 is 5.97 Å². The smallest absolute Gasteiger partial charge is 0.335 e. The van der Waals surface area contributed by atoms with Crippen LogP contribution in [0.3, 0.4) is 0 Å². The highest BCUT2D eigenvalue weighted by Crippen LogP contribution is 2.36. The van der Waals surface area contributed by atoms with E-state index in [2.05, 4.69) is 18.0 Å². The first-order valence-corrected chi connectivity index (χ1v) is 7.38. The third kappa shape index (κ3) is 3.47. The van der Waals surface area contributed by atoms with Gasteiger partial charge in [0, 0.05) is 12.4 Å². The maximum atomic E-state index is 11.1.